The number of nitrogens with zero attached hydrogens (tertiary/aromatic N) is 2. The second kappa shape index (κ2) is 11.1. The van der Waals surface area contributed by atoms with Crippen LogP contribution in [0.15, 0.2) is 59.4 Å². The normalized spacial score (nSPS) is 15.7. The molecule has 1 fully saturated rings. The third kappa shape index (κ3) is 6.41. The van der Waals surface area contributed by atoms with Gasteiger partial charge in [-0.05, 0) is 44.4 Å². The van der Waals surface area contributed by atoms with Crippen molar-refractivity contribution in [3.05, 3.63) is 70.6 Å². The molecule has 0 spiro atoms. The Hall–Kier alpha value is -3.43. The lowest BCUT2D eigenvalue weighted by molar-refractivity contribution is -0.139. The zero-order valence-corrected chi connectivity index (χ0v) is 20.9. The van der Waals surface area contributed by atoms with E-state index in [2.05, 4.69) is 10.3 Å². The number of imidazole rings is 1. The first-order valence-corrected chi connectivity index (χ1v) is 12.4. The molecule has 3 aromatic rings. The predicted molar refractivity (Wildman–Crippen MR) is 138 cm³/mol. The van der Waals surface area contributed by atoms with Gasteiger partial charge in [0.1, 0.15) is 6.04 Å². The number of para-hydroxylation sites is 2. The first kappa shape index (κ1) is 25.7. The summed E-state index contributed by atoms with van der Waals surface area (Å²) >= 11 is 0. The van der Waals surface area contributed by atoms with E-state index in [9.17, 15) is 14.4 Å². The molecule has 0 aliphatic carbocycles. The fraction of sp³-hybridized carbons (Fsp3) is 0.444. The minimum absolute atomic E-state index is 0.00175. The van der Waals surface area contributed by atoms with Gasteiger partial charge >= 0.3 is 5.69 Å². The zero-order valence-electron chi connectivity index (χ0n) is 20.9. The summed E-state index contributed by atoms with van der Waals surface area (Å²) in [5.74, 6) is -0.472. The van der Waals surface area contributed by atoms with E-state index in [0.29, 0.717) is 32.5 Å². The number of piperidine rings is 1. The highest BCUT2D eigenvalue weighted by Gasteiger charge is 2.31. The largest absolute Gasteiger partial charge is 0.374 e. The molecule has 36 heavy (non-hydrogen) atoms. The van der Waals surface area contributed by atoms with E-state index in [1.54, 1.807) is 23.3 Å². The zero-order chi connectivity index (χ0) is 25.7. The van der Waals surface area contributed by atoms with Gasteiger partial charge in [0.25, 0.3) is 0 Å². The van der Waals surface area contributed by atoms with Crippen LogP contribution >= 0.6 is 0 Å². The second-order valence-electron chi connectivity index (χ2n) is 10.2. The van der Waals surface area contributed by atoms with Crippen LogP contribution in [0.1, 0.15) is 44.7 Å². The lowest BCUT2D eigenvalue weighted by Gasteiger charge is -2.35. The highest BCUT2D eigenvalue weighted by Crippen LogP contribution is 2.25. The molecule has 2 aromatic carbocycles. The van der Waals surface area contributed by atoms with E-state index in [-0.39, 0.29) is 36.6 Å². The van der Waals surface area contributed by atoms with Crippen LogP contribution in [0, 0.1) is 0 Å². The minimum Gasteiger partial charge on any atom is -0.374 e. The van der Waals surface area contributed by atoms with E-state index >= 15 is 0 Å². The second-order valence-corrected chi connectivity index (χ2v) is 10.2. The van der Waals surface area contributed by atoms with Gasteiger partial charge in [0, 0.05) is 31.1 Å². The first-order chi connectivity index (χ1) is 17.2. The molecule has 4 rings (SSSR count). The summed E-state index contributed by atoms with van der Waals surface area (Å²) in [7, 11) is 0. The third-order valence-corrected chi connectivity index (χ3v) is 6.41. The number of nitrogens with two attached hydrogens (primary N) is 1. The van der Waals surface area contributed by atoms with Crippen molar-refractivity contribution in [3.8, 4) is 0 Å². The van der Waals surface area contributed by atoms with Gasteiger partial charge < -0.3 is 25.7 Å². The molecule has 4 N–H and O–H groups in total. The number of rotatable bonds is 9. The van der Waals surface area contributed by atoms with Crippen LogP contribution in [0.3, 0.4) is 0 Å². The van der Waals surface area contributed by atoms with Gasteiger partial charge in [-0.15, -0.1) is 0 Å². The van der Waals surface area contributed by atoms with E-state index in [4.69, 9.17) is 10.5 Å². The van der Waals surface area contributed by atoms with Gasteiger partial charge in [0.05, 0.1) is 24.2 Å². The van der Waals surface area contributed by atoms with Crippen LogP contribution in [0.5, 0.6) is 0 Å². The predicted octanol–water partition coefficient (Wildman–Crippen LogP) is 2.32. The first-order valence-electron chi connectivity index (χ1n) is 12.4. The van der Waals surface area contributed by atoms with Crippen molar-refractivity contribution >= 4 is 22.8 Å². The Kier molecular flexibility index (Phi) is 7.91. The highest BCUT2D eigenvalue weighted by molar-refractivity contribution is 5.88. The van der Waals surface area contributed by atoms with E-state index in [1.807, 2.05) is 54.6 Å². The molecule has 0 saturated carbocycles. The number of aromatic amines is 1. The molecule has 2 heterocycles. The van der Waals surface area contributed by atoms with Gasteiger partial charge in [-0.1, -0.05) is 42.5 Å². The van der Waals surface area contributed by atoms with Crippen molar-refractivity contribution in [3.63, 3.8) is 0 Å². The molecule has 0 bridgehead atoms. The van der Waals surface area contributed by atoms with Crippen LogP contribution in [-0.4, -0.2) is 57.5 Å². The standard InChI is InChI=1S/C27H35N5O4/c1-27(2,28)16-24(33)29-22(18-36-17-19-8-4-3-5-9-19)25(34)31-14-12-20(13-15-31)32-23-11-7-6-10-21(23)30-26(32)35/h3-11,20,22H,12-18,28H2,1-2H3,(H,29,33)(H,30,35)/t22-/m1/s1. The third-order valence-electron chi connectivity index (χ3n) is 6.41. The maximum absolute atomic E-state index is 13.4. The Morgan fingerprint density at radius 2 is 1.78 bits per heavy atom. The maximum Gasteiger partial charge on any atom is 0.326 e. The molecule has 9 nitrogen and oxygen atoms in total. The van der Waals surface area contributed by atoms with Crippen LogP contribution < -0.4 is 16.7 Å². The monoisotopic (exact) mass is 493 g/mol. The number of hydrogen-bond donors (Lipinski definition) is 3. The quantitative estimate of drug-likeness (QED) is 0.422. The number of H-pyrrole nitrogens is 1. The van der Waals surface area contributed by atoms with Crippen molar-refractivity contribution in [2.45, 2.75) is 57.3 Å². The lowest BCUT2D eigenvalue weighted by Crippen LogP contribution is -2.54. The number of carbonyl (C=O) groups excluding carboxylic acids is 2. The van der Waals surface area contributed by atoms with Crippen molar-refractivity contribution in [2.24, 2.45) is 5.73 Å². The van der Waals surface area contributed by atoms with Crippen LogP contribution in [0.4, 0.5) is 0 Å². The van der Waals surface area contributed by atoms with E-state index < -0.39 is 11.6 Å². The summed E-state index contributed by atoms with van der Waals surface area (Å²) in [5, 5.41) is 2.83. The average Bonchev–Trinajstić information content (AvgIpc) is 3.18. The van der Waals surface area contributed by atoms with E-state index in [1.165, 1.54) is 0 Å². The van der Waals surface area contributed by atoms with Gasteiger partial charge in [0.15, 0.2) is 0 Å². The SMILES string of the molecule is CC(C)(N)CC(=O)N[C@H](COCc1ccccc1)C(=O)N1CCC(n2c(=O)[nH]c3ccccc32)CC1. The molecule has 192 valence electrons. The number of hydrogen-bond acceptors (Lipinski definition) is 5. The molecular weight excluding hydrogens is 458 g/mol. The van der Waals surface area contributed by atoms with Gasteiger partial charge in [-0.2, -0.15) is 0 Å². The summed E-state index contributed by atoms with van der Waals surface area (Å²) in [6, 6.07) is 16.5. The fourth-order valence-electron chi connectivity index (χ4n) is 4.70. The highest BCUT2D eigenvalue weighted by atomic mass is 16.5. The topological polar surface area (TPSA) is 122 Å². The summed E-state index contributed by atoms with van der Waals surface area (Å²) in [6.45, 7) is 4.92. The number of carbonyl (C=O) groups is 2. The molecule has 1 saturated heterocycles. The number of nitrogens with one attached hydrogen (secondary N) is 2. The Morgan fingerprint density at radius 3 is 2.47 bits per heavy atom. The summed E-state index contributed by atoms with van der Waals surface area (Å²) in [5.41, 5.74) is 7.85. The van der Waals surface area contributed by atoms with Gasteiger partial charge in [-0.25, -0.2) is 4.79 Å². The number of fused-ring (bicyclic) bond motifs is 1. The minimum atomic E-state index is -0.809. The molecule has 0 radical (unpaired) electrons. The smallest absolute Gasteiger partial charge is 0.326 e. The Balaban J connectivity index is 1.41. The molecular formula is C27H35N5O4. The molecule has 9 heteroatoms. The van der Waals surface area contributed by atoms with Gasteiger partial charge in [0.2, 0.25) is 11.8 Å². The van der Waals surface area contributed by atoms with E-state index in [0.717, 1.165) is 16.6 Å². The molecule has 2 amide bonds. The summed E-state index contributed by atoms with van der Waals surface area (Å²) < 4.78 is 7.62. The Bertz CT molecular complexity index is 1240. The summed E-state index contributed by atoms with van der Waals surface area (Å²) in [4.78, 5) is 43.3. The van der Waals surface area contributed by atoms with Crippen molar-refractivity contribution in [1.82, 2.24) is 19.8 Å². The molecule has 1 aliphatic rings. The van der Waals surface area contributed by atoms with Gasteiger partial charge in [-0.3, -0.25) is 14.2 Å². The Morgan fingerprint density at radius 1 is 1.11 bits per heavy atom. The average molecular weight is 494 g/mol. The molecule has 1 atom stereocenters. The number of amides is 2. The van der Waals surface area contributed by atoms with Crippen molar-refractivity contribution < 1.29 is 14.3 Å². The van der Waals surface area contributed by atoms with Crippen LogP contribution in [0.2, 0.25) is 0 Å². The van der Waals surface area contributed by atoms with Crippen molar-refractivity contribution in [2.75, 3.05) is 19.7 Å². The molecule has 1 aliphatic heterocycles. The Labute approximate surface area is 210 Å². The number of aromatic nitrogens is 2. The van der Waals surface area contributed by atoms with Crippen molar-refractivity contribution in [1.29, 1.82) is 0 Å². The number of ether oxygens (including phenoxy) is 1. The van der Waals surface area contributed by atoms with Crippen LogP contribution in [0.25, 0.3) is 11.0 Å². The molecule has 1 aromatic heterocycles. The molecule has 0 unspecified atom stereocenters. The summed E-state index contributed by atoms with van der Waals surface area (Å²) in [6.07, 6.45) is 1.39. The fourth-order valence-corrected chi connectivity index (χ4v) is 4.70. The maximum atomic E-state index is 13.4. The number of benzene rings is 2. The lowest BCUT2D eigenvalue weighted by atomic mass is 10.0. The number of likely N-dealkylation sites (tertiary alicyclic amines) is 1. The van der Waals surface area contributed by atoms with Crippen LogP contribution in [-0.2, 0) is 20.9 Å².